The number of aliphatic hydroxyl groups excluding tert-OH is 1. The minimum Gasteiger partial charge on any atom is -0.396 e. The lowest BCUT2D eigenvalue weighted by molar-refractivity contribution is 0.292. The number of aliphatic hydroxyl groups is 1. The maximum absolute atomic E-state index is 13.9. The highest BCUT2D eigenvalue weighted by atomic mass is 19.1. The van der Waals surface area contributed by atoms with Crippen molar-refractivity contribution in [2.45, 2.75) is 6.42 Å². The number of hydrogen-bond acceptors (Lipinski definition) is 6. The number of nitrogens with zero attached hydrogens (tertiary/aromatic N) is 3. The smallest absolute Gasteiger partial charge is 0.225 e. The molecule has 2 aromatic heterocycles. The number of halogens is 2. The van der Waals surface area contributed by atoms with Crippen LogP contribution < -0.4 is 10.6 Å². The lowest BCUT2D eigenvalue weighted by Crippen LogP contribution is -2.09. The number of nitrogens with one attached hydrogen (secondary N) is 2. The van der Waals surface area contributed by atoms with Gasteiger partial charge in [-0.2, -0.15) is 4.98 Å². The first kappa shape index (κ1) is 17.7. The summed E-state index contributed by atoms with van der Waals surface area (Å²) in [5.41, 5.74) is 1.45. The van der Waals surface area contributed by atoms with E-state index in [1.165, 1.54) is 6.07 Å². The van der Waals surface area contributed by atoms with Crippen molar-refractivity contribution in [2.75, 3.05) is 23.8 Å². The largest absolute Gasteiger partial charge is 0.396 e. The van der Waals surface area contributed by atoms with E-state index in [0.29, 0.717) is 30.4 Å². The zero-order valence-corrected chi connectivity index (χ0v) is 13.8. The van der Waals surface area contributed by atoms with Crippen molar-refractivity contribution in [3.8, 4) is 11.3 Å². The molecule has 0 saturated heterocycles. The molecular weight excluding hydrogens is 340 g/mol. The van der Waals surface area contributed by atoms with Gasteiger partial charge in [-0.05, 0) is 30.7 Å². The molecule has 3 rings (SSSR count). The van der Waals surface area contributed by atoms with Gasteiger partial charge in [-0.3, -0.25) is 4.98 Å². The number of hydrogen-bond donors (Lipinski definition) is 3. The summed E-state index contributed by atoms with van der Waals surface area (Å²) in [7, 11) is 0. The van der Waals surface area contributed by atoms with Gasteiger partial charge in [0, 0.05) is 43.2 Å². The van der Waals surface area contributed by atoms with Crippen molar-refractivity contribution in [1.82, 2.24) is 15.0 Å². The van der Waals surface area contributed by atoms with E-state index in [1.807, 2.05) is 6.07 Å². The standard InChI is InChI=1S/C18H17F2N5O/c19-13-4-5-15(14(20)9-13)23-17-10-16(12-3-1-6-21-11-12)24-18(25-17)22-7-2-8-26/h1,3-6,9-11,26H,2,7-8H2,(H2,22,23,24,25). The minimum absolute atomic E-state index is 0.0429. The number of anilines is 3. The molecule has 0 unspecified atom stereocenters. The van der Waals surface area contributed by atoms with E-state index in [2.05, 4.69) is 25.6 Å². The fourth-order valence-electron chi connectivity index (χ4n) is 2.26. The molecule has 0 aliphatic rings. The van der Waals surface area contributed by atoms with E-state index in [0.717, 1.165) is 17.7 Å². The van der Waals surface area contributed by atoms with Crippen LogP contribution >= 0.6 is 0 Å². The van der Waals surface area contributed by atoms with Crippen LogP contribution in [0, 0.1) is 11.6 Å². The van der Waals surface area contributed by atoms with Gasteiger partial charge in [0.2, 0.25) is 5.95 Å². The highest BCUT2D eigenvalue weighted by Crippen LogP contribution is 2.24. The maximum Gasteiger partial charge on any atom is 0.225 e. The Morgan fingerprint density at radius 1 is 1.08 bits per heavy atom. The third kappa shape index (κ3) is 4.48. The maximum atomic E-state index is 13.9. The van der Waals surface area contributed by atoms with Crippen LogP contribution in [-0.2, 0) is 0 Å². The molecule has 3 N–H and O–H groups in total. The first-order valence-corrected chi connectivity index (χ1v) is 8.02. The number of benzene rings is 1. The molecule has 0 aliphatic heterocycles. The van der Waals surface area contributed by atoms with Crippen molar-refractivity contribution in [1.29, 1.82) is 0 Å². The van der Waals surface area contributed by atoms with Crippen LogP contribution in [0.2, 0.25) is 0 Å². The van der Waals surface area contributed by atoms with Crippen LogP contribution in [0.25, 0.3) is 11.3 Å². The van der Waals surface area contributed by atoms with Gasteiger partial charge < -0.3 is 15.7 Å². The third-order valence-corrected chi connectivity index (χ3v) is 3.50. The molecule has 0 spiro atoms. The zero-order chi connectivity index (χ0) is 18.4. The number of rotatable bonds is 7. The van der Waals surface area contributed by atoms with Crippen LogP contribution in [-0.4, -0.2) is 33.2 Å². The molecule has 0 fully saturated rings. The van der Waals surface area contributed by atoms with E-state index >= 15 is 0 Å². The van der Waals surface area contributed by atoms with Crippen molar-refractivity contribution in [3.05, 3.63) is 60.4 Å². The molecule has 0 radical (unpaired) electrons. The quantitative estimate of drug-likeness (QED) is 0.563. The number of pyridine rings is 1. The molecular formula is C18H17F2N5O. The Balaban J connectivity index is 1.93. The Hall–Kier alpha value is -3.13. The van der Waals surface area contributed by atoms with E-state index in [1.54, 1.807) is 24.5 Å². The molecule has 3 aromatic rings. The van der Waals surface area contributed by atoms with Gasteiger partial charge in [-0.15, -0.1) is 0 Å². The Labute approximate surface area is 149 Å². The second kappa shape index (κ2) is 8.30. The van der Waals surface area contributed by atoms with E-state index < -0.39 is 11.6 Å². The van der Waals surface area contributed by atoms with Crippen LogP contribution in [0.3, 0.4) is 0 Å². The monoisotopic (exact) mass is 357 g/mol. The topological polar surface area (TPSA) is 83.0 Å². The lowest BCUT2D eigenvalue weighted by Gasteiger charge is -2.12. The average Bonchev–Trinajstić information content (AvgIpc) is 2.65. The second-order valence-corrected chi connectivity index (χ2v) is 5.46. The van der Waals surface area contributed by atoms with Crippen LogP contribution in [0.4, 0.5) is 26.2 Å². The normalized spacial score (nSPS) is 10.6. The SMILES string of the molecule is OCCCNc1nc(Nc2ccc(F)cc2F)cc(-c2cccnc2)n1. The summed E-state index contributed by atoms with van der Waals surface area (Å²) in [6, 6.07) is 8.53. The van der Waals surface area contributed by atoms with Crippen LogP contribution in [0.5, 0.6) is 0 Å². The summed E-state index contributed by atoms with van der Waals surface area (Å²) in [6.45, 7) is 0.526. The highest BCUT2D eigenvalue weighted by molar-refractivity contribution is 5.67. The fourth-order valence-corrected chi connectivity index (χ4v) is 2.26. The Bertz CT molecular complexity index is 877. The summed E-state index contributed by atoms with van der Waals surface area (Å²) in [5, 5.41) is 14.8. The van der Waals surface area contributed by atoms with E-state index in [4.69, 9.17) is 5.11 Å². The third-order valence-electron chi connectivity index (χ3n) is 3.50. The first-order valence-electron chi connectivity index (χ1n) is 8.02. The molecule has 0 aliphatic carbocycles. The molecule has 0 amide bonds. The van der Waals surface area contributed by atoms with Gasteiger partial charge in [-0.25, -0.2) is 13.8 Å². The lowest BCUT2D eigenvalue weighted by atomic mass is 10.2. The van der Waals surface area contributed by atoms with Gasteiger partial charge in [0.05, 0.1) is 11.4 Å². The van der Waals surface area contributed by atoms with Gasteiger partial charge in [0.15, 0.2) is 0 Å². The molecule has 8 heteroatoms. The second-order valence-electron chi connectivity index (χ2n) is 5.46. The predicted molar refractivity (Wildman–Crippen MR) is 95.1 cm³/mol. The average molecular weight is 357 g/mol. The molecule has 2 heterocycles. The summed E-state index contributed by atoms with van der Waals surface area (Å²) in [4.78, 5) is 12.8. The number of aromatic nitrogens is 3. The first-order chi connectivity index (χ1) is 12.7. The molecule has 1 aromatic carbocycles. The van der Waals surface area contributed by atoms with Gasteiger partial charge in [-0.1, -0.05) is 0 Å². The molecule has 0 bridgehead atoms. The van der Waals surface area contributed by atoms with Crippen LogP contribution in [0.15, 0.2) is 48.8 Å². The van der Waals surface area contributed by atoms with Crippen molar-refractivity contribution in [2.24, 2.45) is 0 Å². The summed E-state index contributed by atoms with van der Waals surface area (Å²) >= 11 is 0. The van der Waals surface area contributed by atoms with E-state index in [9.17, 15) is 8.78 Å². The molecule has 0 saturated carbocycles. The van der Waals surface area contributed by atoms with Crippen molar-refractivity contribution in [3.63, 3.8) is 0 Å². The summed E-state index contributed by atoms with van der Waals surface area (Å²) < 4.78 is 27.0. The van der Waals surface area contributed by atoms with Gasteiger partial charge in [0.25, 0.3) is 0 Å². The molecule has 134 valence electrons. The predicted octanol–water partition coefficient (Wildman–Crippen LogP) is 3.35. The Morgan fingerprint density at radius 3 is 2.69 bits per heavy atom. The Morgan fingerprint density at radius 2 is 1.96 bits per heavy atom. The highest BCUT2D eigenvalue weighted by Gasteiger charge is 2.10. The summed E-state index contributed by atoms with van der Waals surface area (Å²) in [5.74, 6) is -0.708. The molecule has 0 atom stereocenters. The van der Waals surface area contributed by atoms with Gasteiger partial charge >= 0.3 is 0 Å². The molecule has 6 nitrogen and oxygen atoms in total. The molecule has 26 heavy (non-hydrogen) atoms. The van der Waals surface area contributed by atoms with E-state index in [-0.39, 0.29) is 12.3 Å². The minimum atomic E-state index is -0.721. The van der Waals surface area contributed by atoms with Crippen LogP contribution in [0.1, 0.15) is 6.42 Å². The fraction of sp³-hybridized carbons (Fsp3) is 0.167. The van der Waals surface area contributed by atoms with Crippen molar-refractivity contribution < 1.29 is 13.9 Å². The van der Waals surface area contributed by atoms with Gasteiger partial charge in [0.1, 0.15) is 17.5 Å². The Kier molecular flexibility index (Phi) is 5.65. The van der Waals surface area contributed by atoms with Crippen molar-refractivity contribution >= 4 is 17.5 Å². The zero-order valence-electron chi connectivity index (χ0n) is 13.8. The summed E-state index contributed by atoms with van der Waals surface area (Å²) in [6.07, 6.45) is 3.84.